The van der Waals surface area contributed by atoms with E-state index in [-0.39, 0.29) is 23.9 Å². The third kappa shape index (κ3) is 3.86. The van der Waals surface area contributed by atoms with E-state index in [1.807, 2.05) is 0 Å². The smallest absolute Gasteiger partial charge is 0.250 e. The molecule has 110 valence electrons. The number of imide groups is 1. The molecule has 2 rings (SSSR count). The molecule has 1 aromatic rings. The molecule has 1 saturated heterocycles. The summed E-state index contributed by atoms with van der Waals surface area (Å²) in [4.78, 5) is 24.7. The average Bonchev–Trinajstić information content (AvgIpc) is 2.94. The van der Waals surface area contributed by atoms with Crippen molar-refractivity contribution in [2.75, 3.05) is 6.54 Å². The molecule has 1 aliphatic rings. The first kappa shape index (κ1) is 14.6. The van der Waals surface area contributed by atoms with E-state index in [9.17, 15) is 9.59 Å². The number of carbonyl (C=O) groups excluding carboxylic acids is 2. The van der Waals surface area contributed by atoms with Crippen LogP contribution in [0.3, 0.4) is 0 Å². The number of hydrogen-bond donors (Lipinski definition) is 1. The van der Waals surface area contributed by atoms with E-state index in [1.54, 1.807) is 6.20 Å². The van der Waals surface area contributed by atoms with Crippen molar-refractivity contribution in [3.05, 3.63) is 11.9 Å². The molecule has 20 heavy (non-hydrogen) atoms. The van der Waals surface area contributed by atoms with Gasteiger partial charge < -0.3 is 5.32 Å². The minimum Gasteiger partial charge on any atom is -0.306 e. The van der Waals surface area contributed by atoms with Gasteiger partial charge in [0.05, 0.1) is 11.9 Å². The van der Waals surface area contributed by atoms with Crippen LogP contribution in [0, 0.1) is 0 Å². The van der Waals surface area contributed by atoms with E-state index in [2.05, 4.69) is 36.4 Å². The molecule has 7 heteroatoms. The number of likely N-dealkylation sites (tertiary alicyclic amines) is 1. The maximum atomic E-state index is 12.0. The molecule has 0 aliphatic carbocycles. The minimum absolute atomic E-state index is 0.00156. The third-order valence-corrected chi connectivity index (χ3v) is 3.06. The summed E-state index contributed by atoms with van der Waals surface area (Å²) in [5.74, 6) is -0.308. The summed E-state index contributed by atoms with van der Waals surface area (Å²) in [6, 6.07) is 0. The van der Waals surface area contributed by atoms with Crippen molar-refractivity contribution in [3.8, 4) is 0 Å². The Bertz CT molecular complexity index is 503. The highest BCUT2D eigenvalue weighted by Gasteiger charge is 2.26. The van der Waals surface area contributed by atoms with Gasteiger partial charge in [-0.2, -0.15) is 0 Å². The summed E-state index contributed by atoms with van der Waals surface area (Å²) in [6.45, 7) is 7.39. The van der Waals surface area contributed by atoms with Gasteiger partial charge in [0.1, 0.15) is 6.54 Å². The Morgan fingerprint density at radius 3 is 2.80 bits per heavy atom. The van der Waals surface area contributed by atoms with Crippen molar-refractivity contribution < 1.29 is 9.59 Å². The second-order valence-corrected chi connectivity index (χ2v) is 6.05. The highest BCUT2D eigenvalue weighted by Crippen LogP contribution is 2.10. The van der Waals surface area contributed by atoms with Crippen LogP contribution in [0.2, 0.25) is 0 Å². The lowest BCUT2D eigenvalue weighted by atomic mass is 10.1. The second-order valence-electron chi connectivity index (χ2n) is 6.05. The fourth-order valence-electron chi connectivity index (χ4n) is 1.99. The van der Waals surface area contributed by atoms with Crippen LogP contribution in [-0.2, 0) is 22.7 Å². The van der Waals surface area contributed by atoms with E-state index >= 15 is 0 Å². The summed E-state index contributed by atoms with van der Waals surface area (Å²) in [6.07, 6.45) is 2.95. The number of aromatic nitrogens is 3. The first-order valence-corrected chi connectivity index (χ1v) is 6.82. The molecule has 0 saturated carbocycles. The lowest BCUT2D eigenvalue weighted by Gasteiger charge is -2.19. The van der Waals surface area contributed by atoms with Crippen molar-refractivity contribution >= 4 is 11.8 Å². The fraction of sp³-hybridized carbons (Fsp3) is 0.692. The quantitative estimate of drug-likeness (QED) is 0.858. The number of rotatable bonds is 4. The molecule has 1 aliphatic heterocycles. The van der Waals surface area contributed by atoms with Crippen LogP contribution in [0.15, 0.2) is 6.20 Å². The molecule has 0 bridgehead atoms. The van der Waals surface area contributed by atoms with Gasteiger partial charge in [-0.3, -0.25) is 14.5 Å². The number of nitrogens with zero attached hydrogens (tertiary/aromatic N) is 4. The van der Waals surface area contributed by atoms with E-state index < -0.39 is 0 Å². The average molecular weight is 279 g/mol. The highest BCUT2D eigenvalue weighted by molar-refractivity contribution is 5.96. The Morgan fingerprint density at radius 1 is 1.45 bits per heavy atom. The zero-order valence-corrected chi connectivity index (χ0v) is 12.2. The van der Waals surface area contributed by atoms with E-state index in [0.29, 0.717) is 19.5 Å². The SMILES string of the molecule is CC(C)(C)NCc1cn(CC(=O)N2CCCC2=O)nn1. The fourth-order valence-corrected chi connectivity index (χ4v) is 1.99. The molecule has 7 nitrogen and oxygen atoms in total. The van der Waals surface area contributed by atoms with Crippen LogP contribution >= 0.6 is 0 Å². The van der Waals surface area contributed by atoms with Crippen molar-refractivity contribution in [1.82, 2.24) is 25.2 Å². The lowest BCUT2D eigenvalue weighted by molar-refractivity contribution is -0.142. The molecule has 2 amide bonds. The highest BCUT2D eigenvalue weighted by atomic mass is 16.2. The molecule has 0 unspecified atom stereocenters. The predicted octanol–water partition coefficient (Wildman–Crippen LogP) is 0.315. The predicted molar refractivity (Wildman–Crippen MR) is 72.6 cm³/mol. The largest absolute Gasteiger partial charge is 0.306 e. The van der Waals surface area contributed by atoms with Crippen LogP contribution in [0.1, 0.15) is 39.3 Å². The summed E-state index contributed by atoms with van der Waals surface area (Å²) >= 11 is 0. The minimum atomic E-state index is -0.215. The topological polar surface area (TPSA) is 80.1 Å². The van der Waals surface area contributed by atoms with Crippen LogP contribution in [-0.4, -0.2) is 43.8 Å². The normalized spacial score (nSPS) is 15.9. The zero-order chi connectivity index (χ0) is 14.8. The van der Waals surface area contributed by atoms with E-state index in [0.717, 1.165) is 12.1 Å². The lowest BCUT2D eigenvalue weighted by Crippen LogP contribution is -2.35. The van der Waals surface area contributed by atoms with Gasteiger partial charge in [0.25, 0.3) is 5.91 Å². The van der Waals surface area contributed by atoms with Gasteiger partial charge in [0.2, 0.25) is 5.91 Å². The molecule has 0 spiro atoms. The molecule has 2 heterocycles. The number of hydrogen-bond acceptors (Lipinski definition) is 5. The first-order chi connectivity index (χ1) is 9.35. The van der Waals surface area contributed by atoms with E-state index in [4.69, 9.17) is 0 Å². The van der Waals surface area contributed by atoms with Gasteiger partial charge >= 0.3 is 0 Å². The summed E-state index contributed by atoms with van der Waals surface area (Å²) in [7, 11) is 0. The Labute approximate surface area is 118 Å². The van der Waals surface area contributed by atoms with Crippen LogP contribution in [0.5, 0.6) is 0 Å². The molecule has 1 fully saturated rings. The zero-order valence-electron chi connectivity index (χ0n) is 12.2. The van der Waals surface area contributed by atoms with Crippen LogP contribution in [0.4, 0.5) is 0 Å². The summed E-state index contributed by atoms with van der Waals surface area (Å²) in [5.41, 5.74) is 0.780. The van der Waals surface area contributed by atoms with Crippen molar-refractivity contribution in [2.45, 2.75) is 52.2 Å². The molecule has 1 N–H and O–H groups in total. The van der Waals surface area contributed by atoms with Crippen molar-refractivity contribution in [1.29, 1.82) is 0 Å². The molecular formula is C13H21N5O2. The second kappa shape index (κ2) is 5.70. The molecule has 0 atom stereocenters. The number of carbonyl (C=O) groups is 2. The Hall–Kier alpha value is -1.76. The summed E-state index contributed by atoms with van der Waals surface area (Å²) in [5, 5.41) is 11.2. The third-order valence-electron chi connectivity index (χ3n) is 3.06. The van der Waals surface area contributed by atoms with E-state index in [1.165, 1.54) is 9.58 Å². The maximum Gasteiger partial charge on any atom is 0.250 e. The number of nitrogens with one attached hydrogen (secondary N) is 1. The molecule has 0 aromatic carbocycles. The maximum absolute atomic E-state index is 12.0. The van der Waals surface area contributed by atoms with Crippen LogP contribution in [0.25, 0.3) is 0 Å². The van der Waals surface area contributed by atoms with Gasteiger partial charge in [-0.25, -0.2) is 4.68 Å². The standard InChI is InChI=1S/C13H21N5O2/c1-13(2,3)14-7-10-8-17(16-15-10)9-12(20)18-6-4-5-11(18)19/h8,14H,4-7,9H2,1-3H3. The molecule has 0 radical (unpaired) electrons. The Balaban J connectivity index is 1.89. The van der Waals surface area contributed by atoms with Gasteiger partial charge in [-0.05, 0) is 27.2 Å². The van der Waals surface area contributed by atoms with Crippen molar-refractivity contribution in [2.24, 2.45) is 0 Å². The number of amides is 2. The Morgan fingerprint density at radius 2 is 2.20 bits per heavy atom. The van der Waals surface area contributed by atoms with Gasteiger partial charge in [0, 0.05) is 25.0 Å². The van der Waals surface area contributed by atoms with Crippen LogP contribution < -0.4 is 5.32 Å². The summed E-state index contributed by atoms with van der Waals surface area (Å²) < 4.78 is 1.48. The van der Waals surface area contributed by atoms with Gasteiger partial charge in [0.15, 0.2) is 0 Å². The van der Waals surface area contributed by atoms with Crippen molar-refractivity contribution in [3.63, 3.8) is 0 Å². The molecular weight excluding hydrogens is 258 g/mol. The Kier molecular flexibility index (Phi) is 4.17. The van der Waals surface area contributed by atoms with Gasteiger partial charge in [-0.1, -0.05) is 5.21 Å². The monoisotopic (exact) mass is 279 g/mol. The first-order valence-electron chi connectivity index (χ1n) is 6.82. The van der Waals surface area contributed by atoms with Gasteiger partial charge in [-0.15, -0.1) is 5.10 Å². The molecule has 1 aromatic heterocycles.